The summed E-state index contributed by atoms with van der Waals surface area (Å²) in [6.07, 6.45) is 1.09. The van der Waals surface area contributed by atoms with Crippen molar-refractivity contribution >= 4 is 45.4 Å². The highest BCUT2D eigenvalue weighted by Crippen LogP contribution is 2.32. The van der Waals surface area contributed by atoms with Gasteiger partial charge in [-0.2, -0.15) is 0 Å². The summed E-state index contributed by atoms with van der Waals surface area (Å²) in [6.45, 7) is 3.68. The molecule has 0 aliphatic rings. The van der Waals surface area contributed by atoms with Crippen LogP contribution in [-0.4, -0.2) is 30.7 Å². The zero-order valence-corrected chi connectivity index (χ0v) is 16.4. The average molecular weight is 430 g/mol. The number of hydrazine groups is 1. The molecule has 3 N–H and O–H groups in total. The molecule has 14 heteroatoms. The Morgan fingerprint density at radius 1 is 1.03 bits per heavy atom. The Labute approximate surface area is 172 Å². The Kier molecular flexibility index (Phi) is 5.78. The molecule has 1 amide bonds. The van der Waals surface area contributed by atoms with E-state index < -0.39 is 21.4 Å². The van der Waals surface area contributed by atoms with E-state index in [1.54, 1.807) is 0 Å². The molecule has 0 saturated carbocycles. The summed E-state index contributed by atoms with van der Waals surface area (Å²) < 4.78 is 0. The third-order valence-electron chi connectivity index (χ3n) is 3.89. The minimum atomic E-state index is -0.698. The van der Waals surface area contributed by atoms with Crippen molar-refractivity contribution in [2.45, 2.75) is 13.8 Å². The van der Waals surface area contributed by atoms with Gasteiger partial charge in [0.1, 0.15) is 6.33 Å². The number of non-ortho nitro benzene ring substituents is 1. The highest BCUT2D eigenvalue weighted by Gasteiger charge is 2.24. The molecule has 0 spiro atoms. The van der Waals surface area contributed by atoms with Gasteiger partial charge in [0.05, 0.1) is 15.5 Å². The number of benzene rings is 1. The van der Waals surface area contributed by atoms with E-state index in [1.807, 2.05) is 13.8 Å². The topological polar surface area (TPSA) is 178 Å². The fraction of sp³-hybridized carbons (Fsp3) is 0.125. The summed E-state index contributed by atoms with van der Waals surface area (Å²) in [5.74, 6) is -1.02. The first-order valence-corrected chi connectivity index (χ1v) is 9.09. The molecule has 30 heavy (non-hydrogen) atoms. The molecular weight excluding hydrogens is 416 g/mol. The maximum atomic E-state index is 12.2. The molecule has 0 aliphatic carbocycles. The number of aromatic nitrogens is 3. The Bertz CT molecular complexity index is 1110. The van der Waals surface area contributed by atoms with Gasteiger partial charge in [0.25, 0.3) is 11.6 Å². The summed E-state index contributed by atoms with van der Waals surface area (Å²) in [5.41, 5.74) is 4.89. The molecule has 154 valence electrons. The van der Waals surface area contributed by atoms with Gasteiger partial charge in [0.15, 0.2) is 5.13 Å². The fourth-order valence-electron chi connectivity index (χ4n) is 2.28. The van der Waals surface area contributed by atoms with Crippen LogP contribution in [0.5, 0.6) is 0 Å². The molecule has 0 radical (unpaired) electrons. The molecule has 1 aromatic carbocycles. The first kappa shape index (κ1) is 20.5. The lowest BCUT2D eigenvalue weighted by Gasteiger charge is -2.10. The number of hydrogen-bond acceptors (Lipinski definition) is 11. The van der Waals surface area contributed by atoms with E-state index >= 15 is 0 Å². The van der Waals surface area contributed by atoms with Crippen molar-refractivity contribution in [2.75, 3.05) is 10.7 Å². The maximum absolute atomic E-state index is 12.2. The number of carbonyl (C=O) groups is 1. The summed E-state index contributed by atoms with van der Waals surface area (Å²) in [4.78, 5) is 46.1. The lowest BCUT2D eigenvalue weighted by molar-refractivity contribution is -0.384. The van der Waals surface area contributed by atoms with Crippen LogP contribution in [-0.2, 0) is 0 Å². The third kappa shape index (κ3) is 4.44. The Morgan fingerprint density at radius 3 is 2.27 bits per heavy atom. The van der Waals surface area contributed by atoms with Gasteiger partial charge in [-0.05, 0) is 26.0 Å². The Hall–Kier alpha value is -4.20. The SMILES string of the molecule is Cc1nc(Nc2ncnc(NNC(=O)c3ccc([N+](=O)[O-])cc3)c2[N+](=O)[O-])sc1C. The van der Waals surface area contributed by atoms with Crippen LogP contribution in [0.4, 0.5) is 28.1 Å². The quantitative estimate of drug-likeness (QED) is 0.373. The predicted octanol–water partition coefficient (Wildman–Crippen LogP) is 2.87. The fourth-order valence-corrected chi connectivity index (χ4v) is 3.10. The molecule has 13 nitrogen and oxygen atoms in total. The van der Waals surface area contributed by atoms with Crippen LogP contribution in [0.25, 0.3) is 0 Å². The molecule has 0 fully saturated rings. The predicted molar refractivity (Wildman–Crippen MR) is 108 cm³/mol. The van der Waals surface area contributed by atoms with Gasteiger partial charge < -0.3 is 5.32 Å². The zero-order valence-electron chi connectivity index (χ0n) is 15.6. The second-order valence-corrected chi connectivity index (χ2v) is 7.05. The summed E-state index contributed by atoms with van der Waals surface area (Å²) in [6, 6.07) is 4.84. The number of aryl methyl sites for hydroxylation is 2. The van der Waals surface area contributed by atoms with E-state index in [2.05, 4.69) is 31.1 Å². The number of nitrogens with zero attached hydrogens (tertiary/aromatic N) is 5. The van der Waals surface area contributed by atoms with E-state index in [9.17, 15) is 25.0 Å². The molecule has 0 aliphatic heterocycles. The van der Waals surface area contributed by atoms with Crippen molar-refractivity contribution in [3.63, 3.8) is 0 Å². The van der Waals surface area contributed by atoms with Crippen LogP contribution < -0.4 is 16.2 Å². The number of anilines is 3. The third-order valence-corrected chi connectivity index (χ3v) is 4.88. The number of nitrogens with one attached hydrogen (secondary N) is 3. The van der Waals surface area contributed by atoms with E-state index in [-0.39, 0.29) is 22.9 Å². The summed E-state index contributed by atoms with van der Waals surface area (Å²) >= 11 is 1.31. The standard InChI is InChI=1S/C16H14N8O5S/c1-8-9(2)30-16(19-8)20-13-12(24(28)29)14(18-7-17-13)21-22-15(25)10-3-5-11(6-4-10)23(26)27/h3-7H,1-2H3,(H,22,25)(H2,17,18,19,20,21). The molecule has 0 unspecified atom stereocenters. The number of carbonyl (C=O) groups excluding carboxylic acids is 1. The van der Waals surface area contributed by atoms with E-state index in [0.717, 1.165) is 16.9 Å². The normalized spacial score (nSPS) is 10.3. The van der Waals surface area contributed by atoms with Crippen molar-refractivity contribution in [2.24, 2.45) is 0 Å². The van der Waals surface area contributed by atoms with Crippen LogP contribution in [0, 0.1) is 34.1 Å². The van der Waals surface area contributed by atoms with Crippen LogP contribution >= 0.6 is 11.3 Å². The zero-order chi connectivity index (χ0) is 21.8. The van der Waals surface area contributed by atoms with Gasteiger partial charge in [0, 0.05) is 22.6 Å². The lowest BCUT2D eigenvalue weighted by Crippen LogP contribution is -2.30. The minimum Gasteiger partial charge on any atom is -0.310 e. The van der Waals surface area contributed by atoms with E-state index in [4.69, 9.17) is 0 Å². The van der Waals surface area contributed by atoms with Gasteiger partial charge in [-0.25, -0.2) is 15.0 Å². The number of thiazole rings is 1. The van der Waals surface area contributed by atoms with Crippen LogP contribution in [0.2, 0.25) is 0 Å². The van der Waals surface area contributed by atoms with Crippen molar-refractivity contribution in [3.8, 4) is 0 Å². The van der Waals surface area contributed by atoms with Crippen molar-refractivity contribution in [3.05, 3.63) is 67.0 Å². The molecule has 3 aromatic rings. The van der Waals surface area contributed by atoms with Crippen LogP contribution in [0.3, 0.4) is 0 Å². The number of hydrogen-bond donors (Lipinski definition) is 3. The van der Waals surface area contributed by atoms with E-state index in [0.29, 0.717) is 5.13 Å². The van der Waals surface area contributed by atoms with Gasteiger partial charge in [-0.1, -0.05) is 0 Å². The molecule has 0 bridgehead atoms. The smallest absolute Gasteiger partial charge is 0.310 e. The van der Waals surface area contributed by atoms with Gasteiger partial charge >= 0.3 is 5.69 Å². The lowest BCUT2D eigenvalue weighted by atomic mass is 10.2. The summed E-state index contributed by atoms with van der Waals surface area (Å²) in [5, 5.41) is 25.5. The second-order valence-electron chi connectivity index (χ2n) is 5.85. The maximum Gasteiger partial charge on any atom is 0.355 e. The monoisotopic (exact) mass is 430 g/mol. The van der Waals surface area contributed by atoms with Gasteiger partial charge in [-0.15, -0.1) is 11.3 Å². The Balaban J connectivity index is 1.79. The van der Waals surface area contributed by atoms with Crippen molar-refractivity contribution in [1.29, 1.82) is 0 Å². The van der Waals surface area contributed by atoms with Crippen LogP contribution in [0.15, 0.2) is 30.6 Å². The van der Waals surface area contributed by atoms with E-state index in [1.165, 1.54) is 35.6 Å². The molecule has 2 aromatic heterocycles. The molecule has 2 heterocycles. The van der Waals surface area contributed by atoms with Crippen molar-refractivity contribution < 1.29 is 14.6 Å². The highest BCUT2D eigenvalue weighted by molar-refractivity contribution is 7.15. The number of rotatable bonds is 7. The number of nitro benzene ring substituents is 1. The number of amides is 1. The van der Waals surface area contributed by atoms with Gasteiger partial charge in [-0.3, -0.25) is 35.9 Å². The average Bonchev–Trinajstić information content (AvgIpc) is 3.02. The molecule has 0 atom stereocenters. The first-order chi connectivity index (χ1) is 14.3. The van der Waals surface area contributed by atoms with Gasteiger partial charge in [0.2, 0.25) is 11.6 Å². The largest absolute Gasteiger partial charge is 0.355 e. The first-order valence-electron chi connectivity index (χ1n) is 8.27. The molecular formula is C16H14N8O5S. The second kappa shape index (κ2) is 8.44. The summed E-state index contributed by atoms with van der Waals surface area (Å²) in [7, 11) is 0. The molecule has 3 rings (SSSR count). The number of nitro groups is 2. The minimum absolute atomic E-state index is 0.101. The van der Waals surface area contributed by atoms with Crippen molar-refractivity contribution in [1.82, 2.24) is 20.4 Å². The highest BCUT2D eigenvalue weighted by atomic mass is 32.1. The van der Waals surface area contributed by atoms with Crippen LogP contribution in [0.1, 0.15) is 20.9 Å². The molecule has 0 saturated heterocycles. The Morgan fingerprint density at radius 2 is 1.70 bits per heavy atom.